The van der Waals surface area contributed by atoms with E-state index in [9.17, 15) is 14.9 Å². The van der Waals surface area contributed by atoms with E-state index in [-0.39, 0.29) is 23.4 Å². The van der Waals surface area contributed by atoms with Gasteiger partial charge >= 0.3 is 0 Å². The van der Waals surface area contributed by atoms with Crippen molar-refractivity contribution in [1.29, 1.82) is 0 Å². The van der Waals surface area contributed by atoms with E-state index < -0.39 is 4.92 Å². The Morgan fingerprint density at radius 3 is 2.46 bits per heavy atom. The summed E-state index contributed by atoms with van der Waals surface area (Å²) in [6.45, 7) is 1.96. The number of thioether (sulfide) groups is 1. The van der Waals surface area contributed by atoms with Crippen molar-refractivity contribution in [2.24, 2.45) is 0 Å². The third kappa shape index (κ3) is 4.40. The van der Waals surface area contributed by atoms with Gasteiger partial charge < -0.3 is 5.32 Å². The maximum absolute atomic E-state index is 12.2. The predicted molar refractivity (Wildman–Crippen MR) is 104 cm³/mol. The lowest BCUT2D eigenvalue weighted by atomic mass is 10.0. The second-order valence-electron chi connectivity index (χ2n) is 5.94. The van der Waals surface area contributed by atoms with Gasteiger partial charge in [0.15, 0.2) is 0 Å². The van der Waals surface area contributed by atoms with E-state index in [1.807, 2.05) is 25.1 Å². The van der Waals surface area contributed by atoms with Crippen molar-refractivity contribution < 1.29 is 9.72 Å². The van der Waals surface area contributed by atoms with Gasteiger partial charge in [0.25, 0.3) is 5.69 Å². The molecule has 3 aromatic rings. The van der Waals surface area contributed by atoms with Gasteiger partial charge in [0.05, 0.1) is 16.7 Å². The summed E-state index contributed by atoms with van der Waals surface area (Å²) < 4.78 is 0. The number of hydrogen-bond donors (Lipinski definition) is 1. The van der Waals surface area contributed by atoms with E-state index in [0.717, 1.165) is 15.8 Å². The Morgan fingerprint density at radius 1 is 1.08 bits per heavy atom. The average Bonchev–Trinajstić information content (AvgIpc) is 2.66. The van der Waals surface area contributed by atoms with Gasteiger partial charge in [-0.2, -0.15) is 0 Å². The second kappa shape index (κ2) is 8.01. The minimum Gasteiger partial charge on any atom is -0.349 e. The van der Waals surface area contributed by atoms with E-state index in [1.54, 1.807) is 12.1 Å². The van der Waals surface area contributed by atoms with Crippen molar-refractivity contribution in [2.45, 2.75) is 17.9 Å². The van der Waals surface area contributed by atoms with Crippen LogP contribution < -0.4 is 5.32 Å². The first-order valence-corrected chi connectivity index (χ1v) is 9.17. The topological polar surface area (TPSA) is 72.2 Å². The van der Waals surface area contributed by atoms with Crippen molar-refractivity contribution in [2.75, 3.05) is 5.75 Å². The molecule has 0 saturated carbocycles. The summed E-state index contributed by atoms with van der Waals surface area (Å²) in [5, 5.41) is 16.0. The SMILES string of the molecule is CC(NC(=O)CSc1ccc([N+](=O)[O-])cc1)c1ccc2ccccc2c1. The molecule has 1 atom stereocenters. The van der Waals surface area contributed by atoms with Crippen LogP contribution in [0.5, 0.6) is 0 Å². The average molecular weight is 366 g/mol. The quantitative estimate of drug-likeness (QED) is 0.389. The Hall–Kier alpha value is -2.86. The second-order valence-corrected chi connectivity index (χ2v) is 6.98. The number of amides is 1. The molecule has 0 heterocycles. The van der Waals surface area contributed by atoms with Crippen LogP contribution in [0.1, 0.15) is 18.5 Å². The summed E-state index contributed by atoms with van der Waals surface area (Å²) in [6.07, 6.45) is 0. The van der Waals surface area contributed by atoms with Crippen molar-refractivity contribution in [3.05, 3.63) is 82.4 Å². The fourth-order valence-electron chi connectivity index (χ4n) is 2.66. The van der Waals surface area contributed by atoms with E-state index in [2.05, 4.69) is 29.6 Å². The van der Waals surface area contributed by atoms with Gasteiger partial charge in [0.1, 0.15) is 0 Å². The zero-order valence-electron chi connectivity index (χ0n) is 14.2. The molecule has 3 aromatic carbocycles. The first-order chi connectivity index (χ1) is 12.5. The highest BCUT2D eigenvalue weighted by atomic mass is 32.2. The number of nitro groups is 1. The number of hydrogen-bond acceptors (Lipinski definition) is 4. The summed E-state index contributed by atoms with van der Waals surface area (Å²) in [6, 6.07) is 20.4. The molecule has 5 nitrogen and oxygen atoms in total. The number of benzene rings is 3. The standard InChI is InChI=1S/C20H18N2O3S/c1-14(16-7-6-15-4-2-3-5-17(15)12-16)21-20(23)13-26-19-10-8-18(9-11-19)22(24)25/h2-12,14H,13H2,1H3,(H,21,23). The predicted octanol–water partition coefficient (Wildman–Crippen LogP) is 4.72. The van der Waals surface area contributed by atoms with Gasteiger partial charge in [-0.1, -0.05) is 36.4 Å². The van der Waals surface area contributed by atoms with Gasteiger partial charge in [-0.15, -0.1) is 11.8 Å². The molecule has 1 N–H and O–H groups in total. The van der Waals surface area contributed by atoms with E-state index in [4.69, 9.17) is 0 Å². The van der Waals surface area contributed by atoms with Gasteiger partial charge in [0, 0.05) is 17.0 Å². The molecule has 0 bridgehead atoms. The molecule has 0 aliphatic heterocycles. The van der Waals surface area contributed by atoms with Crippen LogP contribution in [0.4, 0.5) is 5.69 Å². The normalized spacial score (nSPS) is 11.9. The molecule has 1 unspecified atom stereocenters. The molecule has 26 heavy (non-hydrogen) atoms. The van der Waals surface area contributed by atoms with E-state index >= 15 is 0 Å². The lowest BCUT2D eigenvalue weighted by Gasteiger charge is -2.15. The van der Waals surface area contributed by atoms with Crippen LogP contribution in [0.2, 0.25) is 0 Å². The van der Waals surface area contributed by atoms with Crippen LogP contribution in [0.3, 0.4) is 0 Å². The summed E-state index contributed by atoms with van der Waals surface area (Å²) in [5.41, 5.74) is 1.10. The fraction of sp³-hybridized carbons (Fsp3) is 0.150. The first kappa shape index (κ1) is 17.9. The molecule has 1 amide bonds. The number of carbonyl (C=O) groups is 1. The van der Waals surface area contributed by atoms with Crippen LogP contribution in [0.25, 0.3) is 10.8 Å². The largest absolute Gasteiger partial charge is 0.349 e. The summed E-state index contributed by atoms with van der Waals surface area (Å²) in [5.74, 6) is 0.185. The highest BCUT2D eigenvalue weighted by Gasteiger charge is 2.11. The minimum atomic E-state index is -0.438. The zero-order valence-corrected chi connectivity index (χ0v) is 15.0. The zero-order chi connectivity index (χ0) is 18.5. The Labute approximate surface area is 155 Å². The number of non-ortho nitro benzene ring substituents is 1. The highest BCUT2D eigenvalue weighted by molar-refractivity contribution is 8.00. The van der Waals surface area contributed by atoms with Crippen LogP contribution in [0.15, 0.2) is 71.6 Å². The lowest BCUT2D eigenvalue weighted by Crippen LogP contribution is -2.28. The molecule has 132 valence electrons. The third-order valence-corrected chi connectivity index (χ3v) is 5.08. The molecular weight excluding hydrogens is 348 g/mol. The van der Waals surface area contributed by atoms with Crippen LogP contribution in [-0.4, -0.2) is 16.6 Å². The maximum Gasteiger partial charge on any atom is 0.269 e. The van der Waals surface area contributed by atoms with Gasteiger partial charge in [-0.05, 0) is 41.5 Å². The molecule has 6 heteroatoms. The van der Waals surface area contributed by atoms with Gasteiger partial charge in [0.2, 0.25) is 5.91 Å². The number of fused-ring (bicyclic) bond motifs is 1. The third-order valence-electron chi connectivity index (χ3n) is 4.07. The first-order valence-electron chi connectivity index (χ1n) is 8.18. The molecule has 0 radical (unpaired) electrons. The summed E-state index contributed by atoms with van der Waals surface area (Å²) >= 11 is 1.35. The maximum atomic E-state index is 12.2. The molecular formula is C20H18N2O3S. The Kier molecular flexibility index (Phi) is 5.53. The van der Waals surface area contributed by atoms with Crippen molar-refractivity contribution >= 4 is 34.1 Å². The summed E-state index contributed by atoms with van der Waals surface area (Å²) in [7, 11) is 0. The van der Waals surface area contributed by atoms with Gasteiger partial charge in [-0.25, -0.2) is 0 Å². The van der Waals surface area contributed by atoms with E-state index in [0.29, 0.717) is 0 Å². The molecule has 0 aromatic heterocycles. The number of nitro benzene ring substituents is 1. The molecule has 0 aliphatic rings. The fourth-order valence-corrected chi connectivity index (χ4v) is 3.37. The van der Waals surface area contributed by atoms with Crippen molar-refractivity contribution in [3.63, 3.8) is 0 Å². The number of nitrogens with one attached hydrogen (secondary N) is 1. The van der Waals surface area contributed by atoms with E-state index in [1.165, 1.54) is 29.3 Å². The monoisotopic (exact) mass is 366 g/mol. The summed E-state index contributed by atoms with van der Waals surface area (Å²) in [4.78, 5) is 23.2. The molecule has 0 saturated heterocycles. The Balaban J connectivity index is 1.57. The van der Waals surface area contributed by atoms with Gasteiger partial charge in [-0.3, -0.25) is 14.9 Å². The number of carbonyl (C=O) groups excluding carboxylic acids is 1. The van der Waals surface area contributed by atoms with Crippen molar-refractivity contribution in [1.82, 2.24) is 5.32 Å². The smallest absolute Gasteiger partial charge is 0.269 e. The highest BCUT2D eigenvalue weighted by Crippen LogP contribution is 2.23. The number of nitrogens with zero attached hydrogens (tertiary/aromatic N) is 1. The van der Waals surface area contributed by atoms with Crippen molar-refractivity contribution in [3.8, 4) is 0 Å². The Bertz CT molecular complexity index is 941. The molecule has 0 spiro atoms. The number of rotatable bonds is 6. The molecule has 0 aliphatic carbocycles. The lowest BCUT2D eigenvalue weighted by molar-refractivity contribution is -0.384. The van der Waals surface area contributed by atoms with Crippen LogP contribution in [0, 0.1) is 10.1 Å². The molecule has 0 fully saturated rings. The van der Waals surface area contributed by atoms with Crippen LogP contribution in [-0.2, 0) is 4.79 Å². The van der Waals surface area contributed by atoms with Crippen LogP contribution >= 0.6 is 11.8 Å². The Morgan fingerprint density at radius 2 is 1.77 bits per heavy atom. The minimum absolute atomic E-state index is 0.0451. The molecule has 3 rings (SSSR count).